The minimum atomic E-state index is -5.81. The fourth-order valence-corrected chi connectivity index (χ4v) is 8.89. The Labute approximate surface area is 203 Å². The number of aromatic amines is 1. The van der Waals surface area contributed by atoms with Crippen molar-refractivity contribution in [2.24, 2.45) is 0 Å². The summed E-state index contributed by atoms with van der Waals surface area (Å²) in [5.74, 6) is 0. The molecule has 0 aromatic carbocycles. The number of ether oxygens (including phenoxy) is 3. The molecular formula is C16H27N2O15P3. The molecule has 2 saturated heterocycles. The van der Waals surface area contributed by atoms with E-state index in [1.54, 1.807) is 0 Å². The van der Waals surface area contributed by atoms with Gasteiger partial charge in [-0.3, -0.25) is 28.0 Å². The van der Waals surface area contributed by atoms with Crippen molar-refractivity contribution in [3.8, 4) is 0 Å². The molecule has 0 amide bonds. The molecule has 0 bridgehead atoms. The second kappa shape index (κ2) is 11.4. The molecule has 2 aliphatic heterocycles. The Morgan fingerprint density at radius 1 is 1.14 bits per heavy atom. The van der Waals surface area contributed by atoms with Crippen LogP contribution in [0.3, 0.4) is 0 Å². The van der Waals surface area contributed by atoms with E-state index in [1.165, 1.54) is 13.1 Å². The zero-order valence-corrected chi connectivity index (χ0v) is 21.5. The number of aromatic nitrogens is 2. The highest BCUT2D eigenvalue weighted by molar-refractivity contribution is 7.87. The van der Waals surface area contributed by atoms with Crippen molar-refractivity contribution in [3.05, 3.63) is 32.6 Å². The van der Waals surface area contributed by atoms with Crippen LogP contribution in [0.2, 0.25) is 0 Å². The van der Waals surface area contributed by atoms with E-state index in [0.717, 1.165) is 17.4 Å². The second-order valence-electron chi connectivity index (χ2n) is 8.26. The molecule has 20 heteroatoms. The molecule has 0 saturated carbocycles. The van der Waals surface area contributed by atoms with E-state index in [4.69, 9.17) is 33.8 Å². The minimum absolute atomic E-state index is 0.0453. The molecule has 206 valence electrons. The maximum atomic E-state index is 12.3. The van der Waals surface area contributed by atoms with Gasteiger partial charge < -0.3 is 38.7 Å². The molecule has 17 nitrogen and oxygen atoms in total. The smallest absolute Gasteiger partial charge is 0.353 e. The number of rotatable bonds is 10. The molecule has 3 heterocycles. The van der Waals surface area contributed by atoms with Crippen molar-refractivity contribution in [3.63, 3.8) is 0 Å². The van der Waals surface area contributed by atoms with Gasteiger partial charge in [0.25, 0.3) is 10.7 Å². The Kier molecular flexibility index (Phi) is 9.33. The molecule has 2 unspecified atom stereocenters. The summed E-state index contributed by atoms with van der Waals surface area (Å²) in [4.78, 5) is 77.1. The third-order valence-corrected chi connectivity index (χ3v) is 12.9. The highest BCUT2D eigenvalue weighted by atomic mass is 31.3. The average Bonchev–Trinajstić information content (AvgIpc) is 3.11. The third-order valence-electron chi connectivity index (χ3n) is 5.39. The molecule has 2 fully saturated rings. The van der Waals surface area contributed by atoms with Gasteiger partial charge in [0.2, 0.25) is 0 Å². The van der Waals surface area contributed by atoms with E-state index < -0.39 is 70.5 Å². The van der Waals surface area contributed by atoms with Gasteiger partial charge in [0.05, 0.1) is 6.10 Å². The minimum Gasteiger partial charge on any atom is -0.353 e. The van der Waals surface area contributed by atoms with Crippen LogP contribution in [0, 0.1) is 6.92 Å². The standard InChI is InChI=1S/C16H27N2O15P3/c1-9-7-18(15(20)17-14(9)19)12-6-10(32-13-4-2-3-5-29-13)11(31-12)8-30-33-36(27,28)16(34(21,22)23)35(24,25)26/h7,10-13,16H,2-6,8H2,1H3,(H,27,28)(H,17,19,20)(H2,21,22,23)(H2,24,25,26)/t10-,11+,12+,13?/m0/s1. The van der Waals surface area contributed by atoms with Crippen molar-refractivity contribution < 1.29 is 61.9 Å². The lowest BCUT2D eigenvalue weighted by molar-refractivity contribution is -0.252. The predicted octanol–water partition coefficient (Wildman–Crippen LogP) is -0.183. The monoisotopic (exact) mass is 580 g/mol. The van der Waals surface area contributed by atoms with E-state index in [-0.39, 0.29) is 12.0 Å². The van der Waals surface area contributed by atoms with Crippen LogP contribution in [0.4, 0.5) is 0 Å². The van der Waals surface area contributed by atoms with Crippen LogP contribution in [0.5, 0.6) is 0 Å². The zero-order chi connectivity index (χ0) is 26.9. The lowest BCUT2D eigenvalue weighted by atomic mass is 10.1. The van der Waals surface area contributed by atoms with Crippen LogP contribution in [0.25, 0.3) is 0 Å². The first kappa shape index (κ1) is 29.5. The Balaban J connectivity index is 1.76. The summed E-state index contributed by atoms with van der Waals surface area (Å²) in [7, 11) is -17.3. The zero-order valence-electron chi connectivity index (χ0n) is 18.8. The van der Waals surface area contributed by atoms with E-state index in [0.29, 0.717) is 13.0 Å². The predicted molar refractivity (Wildman–Crippen MR) is 118 cm³/mol. The maximum Gasteiger partial charge on any atom is 0.382 e. The summed E-state index contributed by atoms with van der Waals surface area (Å²) >= 11 is 0. The summed E-state index contributed by atoms with van der Waals surface area (Å²) in [6.07, 6.45) is 0.000583. The fourth-order valence-electron chi connectivity index (χ4n) is 3.77. The first-order valence-corrected chi connectivity index (χ1v) is 15.6. The van der Waals surface area contributed by atoms with E-state index in [9.17, 15) is 28.2 Å². The summed E-state index contributed by atoms with van der Waals surface area (Å²) in [6.45, 7) is 1.22. The molecule has 2 aliphatic rings. The number of hydrogen-bond acceptors (Lipinski definition) is 10. The van der Waals surface area contributed by atoms with Crippen LogP contribution >= 0.6 is 22.8 Å². The van der Waals surface area contributed by atoms with Gasteiger partial charge in [-0.25, -0.2) is 9.68 Å². The molecule has 0 radical (unpaired) electrons. The molecule has 5 atom stereocenters. The van der Waals surface area contributed by atoms with Gasteiger partial charge in [-0.2, -0.15) is 0 Å². The lowest BCUT2D eigenvalue weighted by Gasteiger charge is -2.28. The third kappa shape index (κ3) is 7.29. The average molecular weight is 580 g/mol. The summed E-state index contributed by atoms with van der Waals surface area (Å²) in [5, 5.41) is -3.36. The van der Waals surface area contributed by atoms with E-state index in [1.807, 2.05) is 0 Å². The first-order chi connectivity index (χ1) is 16.6. The van der Waals surface area contributed by atoms with Gasteiger partial charge in [-0.1, -0.05) is 0 Å². The number of H-pyrrole nitrogens is 1. The molecule has 1 aromatic heterocycles. The Hall–Kier alpha value is -1.03. The van der Waals surface area contributed by atoms with Crippen molar-refractivity contribution >= 4 is 22.8 Å². The molecule has 0 aliphatic carbocycles. The van der Waals surface area contributed by atoms with Crippen LogP contribution < -0.4 is 11.2 Å². The summed E-state index contributed by atoms with van der Waals surface area (Å²) in [5.41, 5.74) is -1.14. The SMILES string of the molecule is Cc1cn([C@H]2C[C@H](OC3CCCCO3)[C@@H](COOP(=O)(O)C(P(=O)(O)O)P(=O)(O)O)O2)c(=O)[nH]c1=O. The van der Waals surface area contributed by atoms with Gasteiger partial charge in [0, 0.05) is 24.8 Å². The van der Waals surface area contributed by atoms with Crippen LogP contribution in [-0.4, -0.2) is 70.9 Å². The Morgan fingerprint density at radius 2 is 1.81 bits per heavy atom. The van der Waals surface area contributed by atoms with Gasteiger partial charge in [-0.15, -0.1) is 4.67 Å². The summed E-state index contributed by atoms with van der Waals surface area (Å²) < 4.78 is 57.6. The highest BCUT2D eigenvalue weighted by Gasteiger charge is 2.58. The maximum absolute atomic E-state index is 12.3. The molecule has 3 rings (SSSR count). The lowest BCUT2D eigenvalue weighted by Crippen LogP contribution is -2.35. The largest absolute Gasteiger partial charge is 0.382 e. The Morgan fingerprint density at radius 3 is 2.39 bits per heavy atom. The second-order valence-corrected chi connectivity index (χ2v) is 14.7. The normalized spacial score (nSPS) is 27.3. The molecule has 1 aromatic rings. The molecule has 0 spiro atoms. The molecule has 36 heavy (non-hydrogen) atoms. The van der Waals surface area contributed by atoms with E-state index in [2.05, 4.69) is 14.5 Å². The van der Waals surface area contributed by atoms with Gasteiger partial charge in [0.1, 0.15) is 18.9 Å². The quantitative estimate of drug-likeness (QED) is 0.119. The number of hydrogen-bond donors (Lipinski definition) is 6. The fraction of sp³-hybridized carbons (Fsp3) is 0.750. The van der Waals surface area contributed by atoms with E-state index >= 15 is 0 Å². The van der Waals surface area contributed by atoms with Crippen LogP contribution in [-0.2, 0) is 37.5 Å². The topological polar surface area (TPSA) is 253 Å². The Bertz CT molecular complexity index is 1160. The van der Waals surface area contributed by atoms with Crippen molar-refractivity contribution in [1.29, 1.82) is 0 Å². The van der Waals surface area contributed by atoms with Crippen molar-refractivity contribution in [2.45, 2.75) is 62.5 Å². The summed E-state index contributed by atoms with van der Waals surface area (Å²) in [6, 6.07) is 0. The molecular weight excluding hydrogens is 553 g/mol. The molecule has 6 N–H and O–H groups in total. The number of nitrogens with zero attached hydrogens (tertiary/aromatic N) is 1. The highest BCUT2D eigenvalue weighted by Crippen LogP contribution is 2.75. The van der Waals surface area contributed by atoms with Gasteiger partial charge in [-0.05, 0) is 26.2 Å². The van der Waals surface area contributed by atoms with Crippen LogP contribution in [0.1, 0.15) is 37.5 Å². The first-order valence-electron chi connectivity index (χ1n) is 10.6. The van der Waals surface area contributed by atoms with Gasteiger partial charge in [0.15, 0.2) is 6.29 Å². The van der Waals surface area contributed by atoms with Crippen molar-refractivity contribution in [1.82, 2.24) is 9.55 Å². The van der Waals surface area contributed by atoms with Gasteiger partial charge >= 0.3 is 28.5 Å². The van der Waals surface area contributed by atoms with Crippen LogP contribution in [0.15, 0.2) is 15.8 Å². The number of nitrogens with one attached hydrogen (secondary N) is 1. The van der Waals surface area contributed by atoms with Crippen molar-refractivity contribution in [2.75, 3.05) is 13.2 Å². The number of aryl methyl sites for hydroxylation is 1.